The van der Waals surface area contributed by atoms with E-state index in [0.717, 1.165) is 24.8 Å². The van der Waals surface area contributed by atoms with Gasteiger partial charge in [0.15, 0.2) is 8.32 Å². The summed E-state index contributed by atoms with van der Waals surface area (Å²) in [6.07, 6.45) is 8.92. The van der Waals surface area contributed by atoms with Gasteiger partial charge in [0.05, 0.1) is 11.6 Å². The van der Waals surface area contributed by atoms with Gasteiger partial charge in [0, 0.05) is 18.0 Å². The zero-order valence-corrected chi connectivity index (χ0v) is 18.4. The Morgan fingerprint density at radius 3 is 2.59 bits per heavy atom. The van der Waals surface area contributed by atoms with Crippen LogP contribution in [0.25, 0.3) is 0 Å². The maximum Gasteiger partial charge on any atom is 0.254 e. The number of hydrogen-bond donors (Lipinski definition) is 0. The molecule has 0 spiro atoms. The summed E-state index contributed by atoms with van der Waals surface area (Å²) in [5, 5.41) is 0.123. The Bertz CT molecular complexity index is 734. The minimum absolute atomic E-state index is 0.000538. The van der Waals surface area contributed by atoms with Gasteiger partial charge in [0.2, 0.25) is 0 Å². The van der Waals surface area contributed by atoms with E-state index in [0.29, 0.717) is 0 Å². The van der Waals surface area contributed by atoms with Crippen molar-refractivity contribution >= 4 is 14.2 Å². The molecule has 1 aromatic rings. The van der Waals surface area contributed by atoms with Gasteiger partial charge in [-0.25, -0.2) is 0 Å². The third-order valence-corrected chi connectivity index (χ3v) is 11.1. The largest absolute Gasteiger partial charge is 0.406 e. The van der Waals surface area contributed by atoms with E-state index >= 15 is 0 Å². The number of carbonyl (C=O) groups is 1. The Morgan fingerprint density at radius 1 is 1.33 bits per heavy atom. The van der Waals surface area contributed by atoms with E-state index in [-0.39, 0.29) is 23.0 Å². The fourth-order valence-corrected chi connectivity index (χ4v) is 5.72. The Labute approximate surface area is 165 Å². The molecule has 2 aliphatic rings. The minimum Gasteiger partial charge on any atom is -0.406 e. The number of rotatable bonds is 5. The molecule has 1 amide bonds. The molecule has 1 heterocycles. The van der Waals surface area contributed by atoms with Crippen molar-refractivity contribution in [3.05, 3.63) is 60.7 Å². The average molecular weight is 384 g/mol. The quantitative estimate of drug-likeness (QED) is 0.491. The second-order valence-corrected chi connectivity index (χ2v) is 14.2. The van der Waals surface area contributed by atoms with E-state index in [4.69, 9.17) is 4.43 Å². The topological polar surface area (TPSA) is 29.5 Å². The second kappa shape index (κ2) is 7.06. The van der Waals surface area contributed by atoms with E-state index < -0.39 is 13.9 Å². The van der Waals surface area contributed by atoms with Crippen LogP contribution >= 0.6 is 0 Å². The SMILES string of the molecule is C=CC[C@H]1N(C(=O)c2ccccc2)[C@@H]2CC=C[C@@]1(O[Si](C)(C)C(C)(C)C)C2. The summed E-state index contributed by atoms with van der Waals surface area (Å²) in [6.45, 7) is 15.4. The van der Waals surface area contributed by atoms with Gasteiger partial charge in [-0.2, -0.15) is 0 Å². The molecule has 3 atom stereocenters. The van der Waals surface area contributed by atoms with Gasteiger partial charge in [0.1, 0.15) is 0 Å². The van der Waals surface area contributed by atoms with Crippen LogP contribution in [-0.2, 0) is 4.43 Å². The van der Waals surface area contributed by atoms with Crippen LogP contribution in [0, 0.1) is 0 Å². The highest BCUT2D eigenvalue weighted by atomic mass is 28.4. The Hall–Kier alpha value is -1.65. The molecule has 3 rings (SSSR count). The summed E-state index contributed by atoms with van der Waals surface area (Å²) in [6, 6.07) is 9.81. The van der Waals surface area contributed by atoms with Crippen molar-refractivity contribution < 1.29 is 9.22 Å². The van der Waals surface area contributed by atoms with Gasteiger partial charge in [-0.15, -0.1) is 6.58 Å². The van der Waals surface area contributed by atoms with Gasteiger partial charge in [-0.3, -0.25) is 4.79 Å². The van der Waals surface area contributed by atoms with Crippen molar-refractivity contribution in [3.8, 4) is 0 Å². The van der Waals surface area contributed by atoms with Crippen molar-refractivity contribution in [3.63, 3.8) is 0 Å². The first kappa shape index (κ1) is 20.1. The first-order valence-corrected chi connectivity index (χ1v) is 12.9. The van der Waals surface area contributed by atoms with Crippen molar-refractivity contribution in [2.45, 2.75) is 75.9 Å². The van der Waals surface area contributed by atoms with Crippen LogP contribution in [0.3, 0.4) is 0 Å². The lowest BCUT2D eigenvalue weighted by atomic mass is 9.87. The maximum absolute atomic E-state index is 13.4. The predicted octanol–water partition coefficient (Wildman–Crippen LogP) is 5.57. The number of likely N-dealkylation sites (tertiary alicyclic amines) is 1. The zero-order valence-electron chi connectivity index (χ0n) is 17.4. The normalized spacial score (nSPS) is 27.7. The molecular formula is C23H33NO2Si. The smallest absolute Gasteiger partial charge is 0.254 e. The highest BCUT2D eigenvalue weighted by Gasteiger charge is 2.57. The Kier molecular flexibility index (Phi) is 5.26. The fourth-order valence-electron chi connectivity index (χ4n) is 4.17. The van der Waals surface area contributed by atoms with Crippen molar-refractivity contribution in [2.24, 2.45) is 0 Å². The number of benzene rings is 1. The lowest BCUT2D eigenvalue weighted by Gasteiger charge is -2.46. The summed E-state index contributed by atoms with van der Waals surface area (Å²) in [7, 11) is -2.00. The van der Waals surface area contributed by atoms with Gasteiger partial charge in [-0.05, 0) is 43.1 Å². The molecule has 1 aromatic carbocycles. The molecule has 0 saturated carbocycles. The molecule has 0 N–H and O–H groups in total. The van der Waals surface area contributed by atoms with E-state index in [1.807, 2.05) is 36.4 Å². The lowest BCUT2D eigenvalue weighted by Crippen LogP contribution is -2.55. The standard InChI is InChI=1S/C23H33NO2Si/c1-7-12-20-23(26-27(5,6)22(2,3)4)16-11-15-19(17-23)24(20)21(25)18-13-9-8-10-14-18/h7-11,13-14,16,19-20H,1,12,15,17H2,2-6H3/t19-,20-,23-/m1/s1. The van der Waals surface area contributed by atoms with Crippen LogP contribution in [0.4, 0.5) is 0 Å². The van der Waals surface area contributed by atoms with Crippen LogP contribution < -0.4 is 0 Å². The molecular weight excluding hydrogens is 350 g/mol. The molecule has 1 fully saturated rings. The van der Waals surface area contributed by atoms with E-state index in [9.17, 15) is 4.79 Å². The number of nitrogens with zero attached hydrogens (tertiary/aromatic N) is 1. The van der Waals surface area contributed by atoms with Gasteiger partial charge in [0.25, 0.3) is 5.91 Å². The maximum atomic E-state index is 13.4. The zero-order chi connectivity index (χ0) is 19.9. The molecule has 0 aromatic heterocycles. The van der Waals surface area contributed by atoms with Crippen LogP contribution in [0.2, 0.25) is 18.1 Å². The van der Waals surface area contributed by atoms with Crippen LogP contribution in [0.15, 0.2) is 55.1 Å². The highest BCUT2D eigenvalue weighted by Crippen LogP contribution is 2.49. The fraction of sp³-hybridized carbons (Fsp3) is 0.522. The van der Waals surface area contributed by atoms with E-state index in [1.165, 1.54) is 0 Å². The van der Waals surface area contributed by atoms with Crippen molar-refractivity contribution in [1.82, 2.24) is 4.90 Å². The molecule has 1 aliphatic heterocycles. The first-order chi connectivity index (χ1) is 12.6. The van der Waals surface area contributed by atoms with Gasteiger partial charge >= 0.3 is 0 Å². The van der Waals surface area contributed by atoms with Crippen LogP contribution in [0.5, 0.6) is 0 Å². The minimum atomic E-state index is -2.00. The molecule has 1 aliphatic carbocycles. The van der Waals surface area contributed by atoms with Gasteiger partial charge in [-0.1, -0.05) is 57.2 Å². The summed E-state index contributed by atoms with van der Waals surface area (Å²) in [5.74, 6) is 0.108. The second-order valence-electron chi connectivity index (χ2n) is 9.43. The summed E-state index contributed by atoms with van der Waals surface area (Å²) < 4.78 is 7.01. The molecule has 4 heteroatoms. The Morgan fingerprint density at radius 2 is 2.00 bits per heavy atom. The summed E-state index contributed by atoms with van der Waals surface area (Å²) >= 11 is 0. The summed E-state index contributed by atoms with van der Waals surface area (Å²) in [5.41, 5.74) is 0.353. The number of carbonyl (C=O) groups excluding carboxylic acids is 1. The van der Waals surface area contributed by atoms with E-state index in [1.54, 1.807) is 0 Å². The third-order valence-electron chi connectivity index (χ3n) is 6.55. The third kappa shape index (κ3) is 3.57. The van der Waals surface area contributed by atoms with Crippen molar-refractivity contribution in [1.29, 1.82) is 0 Å². The molecule has 3 nitrogen and oxygen atoms in total. The number of hydrogen-bond acceptors (Lipinski definition) is 2. The van der Waals surface area contributed by atoms with E-state index in [2.05, 4.69) is 57.5 Å². The molecule has 1 saturated heterocycles. The van der Waals surface area contributed by atoms with Crippen LogP contribution in [0.1, 0.15) is 50.4 Å². The first-order valence-electron chi connectivity index (χ1n) is 9.98. The number of fused-ring (bicyclic) bond motifs is 2. The Balaban J connectivity index is 1.99. The molecule has 2 bridgehead atoms. The summed E-state index contributed by atoms with van der Waals surface area (Å²) in [4.78, 5) is 15.5. The monoisotopic (exact) mass is 383 g/mol. The molecule has 146 valence electrons. The van der Waals surface area contributed by atoms with Crippen molar-refractivity contribution in [2.75, 3.05) is 0 Å². The molecule has 0 radical (unpaired) electrons. The molecule has 0 unspecified atom stereocenters. The van der Waals surface area contributed by atoms with Crippen LogP contribution in [-0.4, -0.2) is 36.8 Å². The average Bonchev–Trinajstić information content (AvgIpc) is 2.80. The lowest BCUT2D eigenvalue weighted by molar-refractivity contribution is 0.0448. The number of amides is 1. The highest BCUT2D eigenvalue weighted by molar-refractivity contribution is 6.74. The predicted molar refractivity (Wildman–Crippen MR) is 114 cm³/mol. The van der Waals surface area contributed by atoms with Gasteiger partial charge < -0.3 is 9.33 Å². The molecule has 27 heavy (non-hydrogen) atoms.